The fraction of sp³-hybridized carbons (Fsp3) is 0.692. The number of hydrogen-bond acceptors (Lipinski definition) is 5. The van der Waals surface area contributed by atoms with Gasteiger partial charge in [0, 0.05) is 30.9 Å². The number of hydrogen-bond donors (Lipinski definition) is 1. The lowest BCUT2D eigenvalue weighted by Gasteiger charge is -2.34. The molecule has 0 aromatic carbocycles. The van der Waals surface area contributed by atoms with Crippen LogP contribution in [0, 0.1) is 0 Å². The molecule has 0 spiro atoms. The molecule has 1 aliphatic carbocycles. The van der Waals surface area contributed by atoms with Crippen molar-refractivity contribution in [3.63, 3.8) is 0 Å². The number of aromatic nitrogens is 2. The van der Waals surface area contributed by atoms with Crippen molar-refractivity contribution in [2.45, 2.75) is 25.4 Å². The molecule has 1 aromatic rings. The van der Waals surface area contributed by atoms with Gasteiger partial charge in [-0.25, -0.2) is 9.97 Å². The zero-order chi connectivity index (χ0) is 12.4. The molecule has 1 N–H and O–H groups in total. The van der Waals surface area contributed by atoms with Crippen LogP contribution in [0.5, 0.6) is 0 Å². The van der Waals surface area contributed by atoms with E-state index < -0.39 is 0 Å². The predicted molar refractivity (Wildman–Crippen MR) is 69.9 cm³/mol. The van der Waals surface area contributed by atoms with Crippen molar-refractivity contribution in [1.29, 1.82) is 0 Å². The fourth-order valence-corrected chi connectivity index (χ4v) is 2.88. The number of nitrogens with one attached hydrogen (secondary N) is 1. The zero-order valence-corrected chi connectivity index (χ0v) is 10.9. The molecule has 1 aliphatic heterocycles. The van der Waals surface area contributed by atoms with Crippen molar-refractivity contribution in [2.75, 3.05) is 38.2 Å². The summed E-state index contributed by atoms with van der Waals surface area (Å²) in [6, 6.07) is 0. The van der Waals surface area contributed by atoms with Crippen LogP contribution in [0.2, 0.25) is 0 Å². The van der Waals surface area contributed by atoms with E-state index in [2.05, 4.69) is 20.2 Å². The second-order valence-corrected chi connectivity index (χ2v) is 4.97. The van der Waals surface area contributed by atoms with E-state index in [1.165, 1.54) is 17.7 Å². The van der Waals surface area contributed by atoms with Gasteiger partial charge in [-0.3, -0.25) is 0 Å². The van der Waals surface area contributed by atoms with E-state index in [0.29, 0.717) is 0 Å². The van der Waals surface area contributed by atoms with Crippen molar-refractivity contribution < 1.29 is 4.74 Å². The second kappa shape index (κ2) is 5.20. The number of nitrogens with zero attached hydrogens (tertiary/aromatic N) is 3. The van der Waals surface area contributed by atoms with Gasteiger partial charge in [-0.05, 0) is 26.3 Å². The Labute approximate surface area is 108 Å². The Kier molecular flexibility index (Phi) is 3.43. The maximum atomic E-state index is 5.74. The van der Waals surface area contributed by atoms with E-state index in [4.69, 9.17) is 4.74 Å². The smallest absolute Gasteiger partial charge is 0.135 e. The standard InChI is InChI=1S/C13H20N4O/c1-14-7-10-8-17(5-6-18-10)13-11-3-2-4-12(11)15-9-16-13/h9-10,14H,2-8H2,1H3. The van der Waals surface area contributed by atoms with E-state index in [-0.39, 0.29) is 6.10 Å². The summed E-state index contributed by atoms with van der Waals surface area (Å²) < 4.78 is 5.74. The third-order valence-corrected chi connectivity index (χ3v) is 3.72. The molecule has 1 fully saturated rings. The largest absolute Gasteiger partial charge is 0.373 e. The summed E-state index contributed by atoms with van der Waals surface area (Å²) in [6.45, 7) is 3.53. The molecule has 5 nitrogen and oxygen atoms in total. The number of anilines is 1. The van der Waals surface area contributed by atoms with Gasteiger partial charge >= 0.3 is 0 Å². The van der Waals surface area contributed by atoms with Crippen LogP contribution < -0.4 is 10.2 Å². The first-order chi connectivity index (χ1) is 8.88. The number of likely N-dealkylation sites (N-methyl/N-ethyl adjacent to an activating group) is 1. The maximum Gasteiger partial charge on any atom is 0.135 e. The normalized spacial score (nSPS) is 23.2. The summed E-state index contributed by atoms with van der Waals surface area (Å²) in [7, 11) is 1.96. The number of morpholine rings is 1. The Hall–Kier alpha value is -1.20. The highest BCUT2D eigenvalue weighted by molar-refractivity contribution is 5.50. The van der Waals surface area contributed by atoms with Crippen LogP contribution in [-0.4, -0.2) is 49.4 Å². The minimum atomic E-state index is 0.260. The van der Waals surface area contributed by atoms with Crippen molar-refractivity contribution >= 4 is 5.82 Å². The van der Waals surface area contributed by atoms with Gasteiger partial charge < -0.3 is 15.0 Å². The Morgan fingerprint density at radius 2 is 2.39 bits per heavy atom. The molecule has 1 aromatic heterocycles. The molecule has 2 aliphatic rings. The highest BCUT2D eigenvalue weighted by Crippen LogP contribution is 2.28. The van der Waals surface area contributed by atoms with Crippen LogP contribution in [0.25, 0.3) is 0 Å². The summed E-state index contributed by atoms with van der Waals surface area (Å²) in [5.41, 5.74) is 2.61. The molecule has 1 saturated heterocycles. The van der Waals surface area contributed by atoms with E-state index in [1.807, 2.05) is 7.05 Å². The van der Waals surface area contributed by atoms with Gasteiger partial charge in [-0.2, -0.15) is 0 Å². The van der Waals surface area contributed by atoms with E-state index in [0.717, 1.165) is 44.9 Å². The highest BCUT2D eigenvalue weighted by atomic mass is 16.5. The third kappa shape index (κ3) is 2.20. The molecule has 1 unspecified atom stereocenters. The van der Waals surface area contributed by atoms with Gasteiger partial charge in [0.1, 0.15) is 12.1 Å². The molecule has 3 rings (SSSR count). The van der Waals surface area contributed by atoms with Gasteiger partial charge in [-0.15, -0.1) is 0 Å². The number of aryl methyl sites for hydroxylation is 1. The molecular weight excluding hydrogens is 228 g/mol. The monoisotopic (exact) mass is 248 g/mol. The molecule has 98 valence electrons. The third-order valence-electron chi connectivity index (χ3n) is 3.72. The van der Waals surface area contributed by atoms with E-state index in [9.17, 15) is 0 Å². The van der Waals surface area contributed by atoms with E-state index >= 15 is 0 Å². The Morgan fingerprint density at radius 3 is 3.28 bits per heavy atom. The van der Waals surface area contributed by atoms with Crippen molar-refractivity contribution in [1.82, 2.24) is 15.3 Å². The van der Waals surface area contributed by atoms with Crippen LogP contribution in [0.15, 0.2) is 6.33 Å². The lowest BCUT2D eigenvalue weighted by molar-refractivity contribution is 0.0418. The SMILES string of the molecule is CNCC1CN(c2ncnc3c2CCC3)CCO1. The Balaban J connectivity index is 1.80. The molecule has 0 amide bonds. The highest BCUT2D eigenvalue weighted by Gasteiger charge is 2.25. The van der Waals surface area contributed by atoms with Gasteiger partial charge in [0.15, 0.2) is 0 Å². The Morgan fingerprint density at radius 1 is 1.44 bits per heavy atom. The van der Waals surface area contributed by atoms with E-state index in [1.54, 1.807) is 6.33 Å². The summed E-state index contributed by atoms with van der Waals surface area (Å²) in [6.07, 6.45) is 5.41. The van der Waals surface area contributed by atoms with Crippen LogP contribution >= 0.6 is 0 Å². The van der Waals surface area contributed by atoms with Gasteiger partial charge in [-0.1, -0.05) is 0 Å². The number of ether oxygens (including phenoxy) is 1. The average Bonchev–Trinajstić information content (AvgIpc) is 2.87. The van der Waals surface area contributed by atoms with Crippen LogP contribution in [0.1, 0.15) is 17.7 Å². The lowest BCUT2D eigenvalue weighted by atomic mass is 10.2. The molecule has 0 saturated carbocycles. The lowest BCUT2D eigenvalue weighted by Crippen LogP contribution is -2.46. The first kappa shape index (κ1) is 11.9. The van der Waals surface area contributed by atoms with Crippen LogP contribution in [0.4, 0.5) is 5.82 Å². The van der Waals surface area contributed by atoms with Crippen LogP contribution in [0.3, 0.4) is 0 Å². The summed E-state index contributed by atoms with van der Waals surface area (Å²) >= 11 is 0. The zero-order valence-electron chi connectivity index (χ0n) is 10.9. The topological polar surface area (TPSA) is 50.3 Å². The average molecular weight is 248 g/mol. The molecule has 18 heavy (non-hydrogen) atoms. The first-order valence-electron chi connectivity index (χ1n) is 6.72. The second-order valence-electron chi connectivity index (χ2n) is 4.97. The maximum absolute atomic E-state index is 5.74. The molecule has 0 radical (unpaired) electrons. The predicted octanol–water partition coefficient (Wildman–Crippen LogP) is 0.390. The minimum absolute atomic E-state index is 0.260. The van der Waals surface area contributed by atoms with Crippen molar-refractivity contribution in [2.24, 2.45) is 0 Å². The molecule has 5 heteroatoms. The molecule has 1 atom stereocenters. The summed E-state index contributed by atoms with van der Waals surface area (Å²) in [4.78, 5) is 11.3. The number of rotatable bonds is 3. The first-order valence-corrected chi connectivity index (χ1v) is 6.72. The summed E-state index contributed by atoms with van der Waals surface area (Å²) in [5, 5.41) is 3.18. The number of fused-ring (bicyclic) bond motifs is 1. The van der Waals surface area contributed by atoms with Crippen molar-refractivity contribution in [3.8, 4) is 0 Å². The summed E-state index contributed by atoms with van der Waals surface area (Å²) in [5.74, 6) is 1.14. The Bertz CT molecular complexity index is 421. The van der Waals surface area contributed by atoms with Gasteiger partial charge in [0.2, 0.25) is 0 Å². The molecular formula is C13H20N4O. The van der Waals surface area contributed by atoms with Gasteiger partial charge in [0.25, 0.3) is 0 Å². The molecule has 2 heterocycles. The van der Waals surface area contributed by atoms with Gasteiger partial charge in [0.05, 0.1) is 12.7 Å². The van der Waals surface area contributed by atoms with Crippen molar-refractivity contribution in [3.05, 3.63) is 17.6 Å². The fourth-order valence-electron chi connectivity index (χ4n) is 2.88. The molecule has 0 bridgehead atoms. The minimum Gasteiger partial charge on any atom is -0.373 e. The van der Waals surface area contributed by atoms with Crippen LogP contribution in [-0.2, 0) is 17.6 Å². The quantitative estimate of drug-likeness (QED) is 0.838.